The monoisotopic (exact) mass is 288 g/mol. The van der Waals surface area contributed by atoms with Gasteiger partial charge in [0, 0.05) is 0 Å². The van der Waals surface area contributed by atoms with Crippen molar-refractivity contribution in [1.29, 1.82) is 0 Å². The van der Waals surface area contributed by atoms with E-state index < -0.39 is 53.5 Å². The Morgan fingerprint density at radius 3 is 2.28 bits per heavy atom. The smallest absolute Gasteiger partial charge is 0.264 e. The maximum absolute atomic E-state index is 10.8. The minimum atomic E-state index is -3.90. The number of hydrogen-bond acceptors (Lipinski definition) is 9. The van der Waals surface area contributed by atoms with E-state index in [1.807, 2.05) is 0 Å². The van der Waals surface area contributed by atoms with E-state index in [1.165, 1.54) is 0 Å². The van der Waals surface area contributed by atoms with E-state index in [0.29, 0.717) is 0 Å². The molecule has 9 nitrogen and oxygen atoms in total. The molecule has 1 rings (SSSR count). The molecule has 0 radical (unpaired) electrons. The van der Waals surface area contributed by atoms with Gasteiger partial charge in [-0.05, 0) is 0 Å². The zero-order chi connectivity index (χ0) is 14.1. The number of rotatable bonds is 4. The van der Waals surface area contributed by atoms with Crippen molar-refractivity contribution in [2.45, 2.75) is 30.2 Å². The predicted octanol–water partition coefficient (Wildman–Crippen LogP) is -3.87. The molecule has 0 amide bonds. The molecule has 1 aliphatic heterocycles. The highest BCUT2D eigenvalue weighted by Crippen LogP contribution is 2.28. The van der Waals surface area contributed by atoms with E-state index in [9.17, 15) is 28.8 Å². The maximum Gasteiger partial charge on any atom is 0.264 e. The summed E-state index contributed by atoms with van der Waals surface area (Å²) >= 11 is 0. The molecule has 0 aromatic heterocycles. The lowest BCUT2D eigenvalue weighted by atomic mass is 9.93. The number of hydrogen-bond donors (Lipinski definition) is 5. The van der Waals surface area contributed by atoms with Crippen LogP contribution in [0.2, 0.25) is 0 Å². The molecule has 1 aliphatic rings. The van der Waals surface area contributed by atoms with Crippen molar-refractivity contribution in [3.05, 3.63) is 0 Å². The van der Waals surface area contributed by atoms with Crippen molar-refractivity contribution in [3.63, 3.8) is 0 Å². The molecular weight excluding hydrogens is 272 g/mol. The highest BCUT2D eigenvalue weighted by molar-refractivity contribution is 7.85. The van der Waals surface area contributed by atoms with Crippen molar-refractivity contribution in [1.82, 2.24) is 0 Å². The van der Waals surface area contributed by atoms with Crippen LogP contribution in [0.1, 0.15) is 0 Å². The molecule has 0 aromatic carbocycles. The second-order valence-electron chi connectivity index (χ2n) is 4.08. The summed E-state index contributed by atoms with van der Waals surface area (Å²) in [7, 11) is -3.90. The number of aliphatic hydroxyl groups is 5. The van der Waals surface area contributed by atoms with Crippen LogP contribution in [0.5, 0.6) is 0 Å². The van der Waals surface area contributed by atoms with Crippen LogP contribution < -0.4 is 0 Å². The summed E-state index contributed by atoms with van der Waals surface area (Å²) in [6, 6.07) is 0. The lowest BCUT2D eigenvalue weighted by Crippen LogP contribution is -2.66. The average Bonchev–Trinajstić information content (AvgIpc) is 2.28. The van der Waals surface area contributed by atoms with Gasteiger partial charge < -0.3 is 30.3 Å². The summed E-state index contributed by atoms with van der Waals surface area (Å²) in [5.74, 6) is -2.55. The molecule has 5 N–H and O–H groups in total. The quantitative estimate of drug-likeness (QED) is 0.327. The average molecular weight is 288 g/mol. The molecule has 1 saturated heterocycles. The fourth-order valence-electron chi connectivity index (χ4n) is 1.53. The lowest BCUT2D eigenvalue weighted by Gasteiger charge is -2.44. The molecule has 0 bridgehead atoms. The Kier molecular flexibility index (Phi) is 4.67. The van der Waals surface area contributed by atoms with Crippen LogP contribution in [-0.2, 0) is 19.0 Å². The third-order valence-electron chi connectivity index (χ3n) is 2.53. The zero-order valence-corrected chi connectivity index (χ0v) is 10.3. The summed E-state index contributed by atoms with van der Waals surface area (Å²) in [5.41, 5.74) is 0. The first-order valence-electron chi connectivity index (χ1n) is 5.00. The third-order valence-corrected chi connectivity index (χ3v) is 3.08. The van der Waals surface area contributed by atoms with E-state index in [4.69, 9.17) is 9.84 Å². The van der Waals surface area contributed by atoms with E-state index in [1.54, 1.807) is 0 Å². The molecule has 18 heavy (non-hydrogen) atoms. The molecule has 0 unspecified atom stereocenters. The molecule has 0 spiro atoms. The van der Waals surface area contributed by atoms with Crippen molar-refractivity contribution in [2.24, 2.45) is 0 Å². The summed E-state index contributed by atoms with van der Waals surface area (Å²) in [6.45, 7) is -1.72. The normalized spacial score (nSPS) is 41.9. The van der Waals surface area contributed by atoms with Crippen molar-refractivity contribution in [3.8, 4) is 0 Å². The van der Waals surface area contributed by atoms with Gasteiger partial charge in [-0.15, -0.1) is 0 Å². The van der Waals surface area contributed by atoms with Gasteiger partial charge in [0.05, 0.1) is 12.9 Å². The SMILES string of the molecule is CS(=O)(=O)OC[C@@]1(O)O[C@H](CO)[C@@H](O)[C@H](O)[C@H]1O. The van der Waals surface area contributed by atoms with Gasteiger partial charge in [0.25, 0.3) is 10.1 Å². The number of ether oxygens (including phenoxy) is 1. The standard InChI is InChI=1S/C8H16O9S/c1-18(14,15)16-3-8(13)7(12)6(11)5(10)4(2-9)17-8/h4-7,9-13H,2-3H2,1H3/t4-,5-,6+,7-,8-/m1/s1. The van der Waals surface area contributed by atoms with Crippen LogP contribution in [0, 0.1) is 0 Å². The van der Waals surface area contributed by atoms with E-state index in [2.05, 4.69) is 4.18 Å². The molecule has 10 heteroatoms. The first kappa shape index (κ1) is 15.7. The van der Waals surface area contributed by atoms with Gasteiger partial charge in [0.2, 0.25) is 5.79 Å². The highest BCUT2D eigenvalue weighted by Gasteiger charge is 2.53. The Hall–Kier alpha value is -0.330. The van der Waals surface area contributed by atoms with Crippen LogP contribution in [-0.4, -0.2) is 83.6 Å². The molecule has 108 valence electrons. The van der Waals surface area contributed by atoms with Gasteiger partial charge in [0.15, 0.2) is 0 Å². The second-order valence-corrected chi connectivity index (χ2v) is 5.72. The Morgan fingerprint density at radius 2 is 1.83 bits per heavy atom. The third kappa shape index (κ3) is 3.36. The van der Waals surface area contributed by atoms with Gasteiger partial charge in [-0.2, -0.15) is 8.42 Å². The van der Waals surface area contributed by atoms with Crippen LogP contribution in [0.15, 0.2) is 0 Å². The number of aliphatic hydroxyl groups excluding tert-OH is 4. The van der Waals surface area contributed by atoms with Gasteiger partial charge in [0.1, 0.15) is 31.0 Å². The molecular formula is C8H16O9S. The highest BCUT2D eigenvalue weighted by atomic mass is 32.2. The van der Waals surface area contributed by atoms with Crippen molar-refractivity contribution < 1.29 is 42.9 Å². The van der Waals surface area contributed by atoms with Crippen LogP contribution in [0.25, 0.3) is 0 Å². The first-order chi connectivity index (χ1) is 8.10. The minimum absolute atomic E-state index is 0.723. The van der Waals surface area contributed by atoms with Gasteiger partial charge in [-0.1, -0.05) is 0 Å². The lowest BCUT2D eigenvalue weighted by molar-refractivity contribution is -0.355. The molecule has 5 atom stereocenters. The predicted molar refractivity (Wildman–Crippen MR) is 55.7 cm³/mol. The van der Waals surface area contributed by atoms with Crippen molar-refractivity contribution >= 4 is 10.1 Å². The zero-order valence-electron chi connectivity index (χ0n) is 9.50. The summed E-state index contributed by atoms with van der Waals surface area (Å²) in [4.78, 5) is 0. The molecule has 0 saturated carbocycles. The van der Waals surface area contributed by atoms with E-state index >= 15 is 0 Å². The van der Waals surface area contributed by atoms with Crippen LogP contribution in [0.4, 0.5) is 0 Å². The second kappa shape index (κ2) is 5.35. The van der Waals surface area contributed by atoms with Crippen molar-refractivity contribution in [2.75, 3.05) is 19.5 Å². The van der Waals surface area contributed by atoms with Gasteiger partial charge >= 0.3 is 0 Å². The van der Waals surface area contributed by atoms with E-state index in [0.717, 1.165) is 6.26 Å². The summed E-state index contributed by atoms with van der Waals surface area (Å²) in [6.07, 6.45) is -6.08. The van der Waals surface area contributed by atoms with Gasteiger partial charge in [-0.3, -0.25) is 4.18 Å². The Bertz CT molecular complexity index is 380. The molecule has 1 heterocycles. The first-order valence-corrected chi connectivity index (χ1v) is 6.82. The minimum Gasteiger partial charge on any atom is -0.394 e. The van der Waals surface area contributed by atoms with E-state index in [-0.39, 0.29) is 0 Å². The largest absolute Gasteiger partial charge is 0.394 e. The Morgan fingerprint density at radius 1 is 1.28 bits per heavy atom. The molecule has 0 aliphatic carbocycles. The topological polar surface area (TPSA) is 154 Å². The van der Waals surface area contributed by atoms with Gasteiger partial charge in [-0.25, -0.2) is 0 Å². The fraction of sp³-hybridized carbons (Fsp3) is 1.00. The summed E-state index contributed by atoms with van der Waals surface area (Å²) in [5, 5.41) is 47.1. The van der Waals surface area contributed by atoms with Crippen LogP contribution in [0.3, 0.4) is 0 Å². The van der Waals surface area contributed by atoms with Crippen LogP contribution >= 0.6 is 0 Å². The molecule has 1 fully saturated rings. The Balaban J connectivity index is 2.85. The maximum atomic E-state index is 10.8. The fourth-order valence-corrected chi connectivity index (χ4v) is 1.91. The summed E-state index contributed by atoms with van der Waals surface area (Å²) < 4.78 is 30.6. The Labute approximate surface area is 103 Å². The molecule has 0 aromatic rings.